The third-order valence-corrected chi connectivity index (χ3v) is 4.62. The van der Waals surface area contributed by atoms with E-state index in [2.05, 4.69) is 15.0 Å². The molecular formula is C17H24F3N7O6. The van der Waals surface area contributed by atoms with Crippen LogP contribution in [-0.4, -0.2) is 57.6 Å². The minimum Gasteiger partial charge on any atom is -0.461 e. The number of nitrogen functional groups attached to an aromatic ring is 1. The van der Waals surface area contributed by atoms with E-state index in [9.17, 15) is 27.9 Å². The van der Waals surface area contributed by atoms with Gasteiger partial charge in [-0.1, -0.05) is 25.9 Å². The summed E-state index contributed by atoms with van der Waals surface area (Å²) in [5.74, 6) is -1.55. The quantitative estimate of drug-likeness (QED) is 0.171. The Morgan fingerprint density at radius 1 is 1.55 bits per heavy atom. The number of nitrogens with two attached hydrogens (primary N) is 2. The molecular weight excluding hydrogens is 455 g/mol. The lowest BCUT2D eigenvalue weighted by Gasteiger charge is -2.27. The summed E-state index contributed by atoms with van der Waals surface area (Å²) in [4.78, 5) is 39.1. The van der Waals surface area contributed by atoms with Crippen LogP contribution in [0.3, 0.4) is 0 Å². The van der Waals surface area contributed by atoms with Crippen LogP contribution in [0.5, 0.6) is 0 Å². The molecule has 0 amide bonds. The molecule has 1 saturated heterocycles. The SMILES string of the molecule is CC(C)[C@H](N)C(=O)OC[C@@]1(N=[N+]=[N-])O[C@@H](n2ccc(N)nc2=O)[C@@H](C)[C@@H]1O.O=CC(F)(F)F. The van der Waals surface area contributed by atoms with Gasteiger partial charge in [0.2, 0.25) is 12.0 Å². The fraction of sp³-hybridized carbons (Fsp3) is 0.647. The Morgan fingerprint density at radius 2 is 2.12 bits per heavy atom. The molecule has 1 aromatic heterocycles. The molecule has 1 aliphatic heterocycles. The lowest BCUT2D eigenvalue weighted by atomic mass is 9.98. The monoisotopic (exact) mass is 479 g/mol. The Balaban J connectivity index is 0.000000801. The van der Waals surface area contributed by atoms with Gasteiger partial charge >= 0.3 is 17.8 Å². The normalized spacial score (nSPS) is 25.4. The number of ether oxygens (including phenoxy) is 2. The van der Waals surface area contributed by atoms with E-state index in [1.807, 2.05) is 0 Å². The number of nitrogens with zero attached hydrogens (tertiary/aromatic N) is 5. The van der Waals surface area contributed by atoms with Crippen molar-refractivity contribution in [1.82, 2.24) is 9.55 Å². The number of aliphatic hydroxyl groups excluding tert-OH is 1. The number of hydrogen-bond acceptors (Lipinski definition) is 10. The van der Waals surface area contributed by atoms with E-state index in [4.69, 9.17) is 31.3 Å². The Kier molecular flexibility index (Phi) is 9.35. The molecule has 33 heavy (non-hydrogen) atoms. The van der Waals surface area contributed by atoms with Crippen LogP contribution in [-0.2, 0) is 19.1 Å². The summed E-state index contributed by atoms with van der Waals surface area (Å²) in [6.07, 6.45) is -6.72. The van der Waals surface area contributed by atoms with Gasteiger partial charge in [0.05, 0.1) is 6.10 Å². The van der Waals surface area contributed by atoms with Crippen molar-refractivity contribution in [2.75, 3.05) is 12.3 Å². The lowest BCUT2D eigenvalue weighted by molar-refractivity contribution is -0.167. The van der Waals surface area contributed by atoms with Crippen LogP contribution >= 0.6 is 0 Å². The van der Waals surface area contributed by atoms with Crippen molar-refractivity contribution in [3.8, 4) is 0 Å². The van der Waals surface area contributed by atoms with Crippen LogP contribution in [0.2, 0.25) is 0 Å². The van der Waals surface area contributed by atoms with E-state index in [1.54, 1.807) is 20.8 Å². The summed E-state index contributed by atoms with van der Waals surface area (Å²) in [6, 6.07) is 0.503. The van der Waals surface area contributed by atoms with Crippen LogP contribution in [0.1, 0.15) is 27.0 Å². The number of carbonyl (C=O) groups excluding carboxylic acids is 2. The highest BCUT2D eigenvalue weighted by molar-refractivity contribution is 5.75. The average Bonchev–Trinajstić information content (AvgIpc) is 2.97. The van der Waals surface area contributed by atoms with Crippen molar-refractivity contribution in [3.63, 3.8) is 0 Å². The first-order valence-corrected chi connectivity index (χ1v) is 9.41. The molecule has 5 atom stereocenters. The molecule has 2 rings (SSSR count). The maximum atomic E-state index is 12.1. The predicted molar refractivity (Wildman–Crippen MR) is 106 cm³/mol. The third-order valence-electron chi connectivity index (χ3n) is 4.62. The van der Waals surface area contributed by atoms with Crippen LogP contribution in [0, 0.1) is 11.8 Å². The second-order valence-corrected chi connectivity index (χ2v) is 7.43. The lowest BCUT2D eigenvalue weighted by Crippen LogP contribution is -2.46. The fourth-order valence-corrected chi connectivity index (χ4v) is 2.73. The second kappa shape index (κ2) is 11.1. The van der Waals surface area contributed by atoms with Crippen molar-refractivity contribution >= 4 is 18.1 Å². The summed E-state index contributed by atoms with van der Waals surface area (Å²) < 4.78 is 43.2. The van der Waals surface area contributed by atoms with Crippen molar-refractivity contribution in [2.45, 2.75) is 51.0 Å². The molecule has 0 aromatic carbocycles. The molecule has 0 radical (unpaired) electrons. The number of anilines is 1. The maximum Gasteiger partial charge on any atom is 0.446 e. The standard InChI is InChI=1S/C15H23N7O5.C2HF3O/c1-7(2)10(17)13(24)26-6-15(20-21-18)11(23)8(3)12(27-15)22-5-4-9(16)19-14(22)25;3-2(4,5)1-6/h4-5,7-8,10-12,23H,6,17H2,1-3H3,(H2,16,19,25);1H/t8-,10-,11-,12+,15+;/m0./s1. The van der Waals surface area contributed by atoms with E-state index >= 15 is 0 Å². The van der Waals surface area contributed by atoms with Crippen LogP contribution in [0.25, 0.3) is 10.4 Å². The predicted octanol–water partition coefficient (Wildman–Crippen LogP) is 0.632. The molecule has 0 bridgehead atoms. The topological polar surface area (TPSA) is 209 Å². The molecule has 0 unspecified atom stereocenters. The molecule has 0 spiro atoms. The van der Waals surface area contributed by atoms with Gasteiger partial charge in [0.1, 0.15) is 24.7 Å². The summed E-state index contributed by atoms with van der Waals surface area (Å²) in [5, 5.41) is 14.1. The van der Waals surface area contributed by atoms with Gasteiger partial charge in [-0.3, -0.25) is 14.2 Å². The molecule has 0 aliphatic carbocycles. The highest BCUT2D eigenvalue weighted by atomic mass is 19.4. The molecule has 2 heterocycles. The van der Waals surface area contributed by atoms with Gasteiger partial charge < -0.3 is 26.0 Å². The second-order valence-electron chi connectivity index (χ2n) is 7.43. The van der Waals surface area contributed by atoms with E-state index < -0.39 is 60.7 Å². The number of rotatable bonds is 6. The van der Waals surface area contributed by atoms with Gasteiger partial charge in [-0.2, -0.15) is 18.2 Å². The number of aromatic nitrogens is 2. The molecule has 0 saturated carbocycles. The van der Waals surface area contributed by atoms with Crippen LogP contribution in [0.4, 0.5) is 19.0 Å². The maximum absolute atomic E-state index is 12.1. The molecule has 184 valence electrons. The van der Waals surface area contributed by atoms with Crippen molar-refractivity contribution in [1.29, 1.82) is 0 Å². The van der Waals surface area contributed by atoms with Crippen molar-refractivity contribution < 1.29 is 37.3 Å². The largest absolute Gasteiger partial charge is 0.461 e. The third kappa shape index (κ3) is 7.15. The van der Waals surface area contributed by atoms with E-state index in [0.29, 0.717) is 0 Å². The van der Waals surface area contributed by atoms with Crippen LogP contribution < -0.4 is 17.2 Å². The van der Waals surface area contributed by atoms with Gasteiger partial charge in [-0.25, -0.2) is 4.79 Å². The molecule has 16 heteroatoms. The fourth-order valence-electron chi connectivity index (χ4n) is 2.73. The average molecular weight is 479 g/mol. The zero-order chi connectivity index (χ0) is 25.6. The Bertz CT molecular complexity index is 950. The smallest absolute Gasteiger partial charge is 0.446 e. The summed E-state index contributed by atoms with van der Waals surface area (Å²) in [5.41, 5.74) is 17.5. The number of halogens is 3. The molecule has 13 nitrogen and oxygen atoms in total. The Labute approximate surface area is 185 Å². The Hall–Kier alpha value is -3.20. The minimum absolute atomic E-state index is 0.0281. The number of azide groups is 1. The van der Waals surface area contributed by atoms with E-state index in [1.165, 1.54) is 12.3 Å². The zero-order valence-electron chi connectivity index (χ0n) is 17.8. The number of carbonyl (C=O) groups is 2. The summed E-state index contributed by atoms with van der Waals surface area (Å²) in [6.45, 7) is 4.52. The van der Waals surface area contributed by atoms with E-state index in [0.717, 1.165) is 4.57 Å². The van der Waals surface area contributed by atoms with Gasteiger partial charge in [-0.05, 0) is 17.5 Å². The Morgan fingerprint density at radius 3 is 2.58 bits per heavy atom. The van der Waals surface area contributed by atoms with Gasteiger partial charge in [0.25, 0.3) is 0 Å². The molecule has 1 fully saturated rings. The van der Waals surface area contributed by atoms with Gasteiger partial charge in [0.15, 0.2) is 0 Å². The minimum atomic E-state index is -4.64. The highest BCUT2D eigenvalue weighted by Gasteiger charge is 2.54. The first kappa shape index (κ1) is 27.8. The number of aliphatic hydroxyl groups is 1. The van der Waals surface area contributed by atoms with Crippen molar-refractivity contribution in [3.05, 3.63) is 33.2 Å². The van der Waals surface area contributed by atoms with Crippen LogP contribution in [0.15, 0.2) is 22.2 Å². The summed E-state index contributed by atoms with van der Waals surface area (Å²) >= 11 is 0. The number of esters is 1. The molecule has 1 aromatic rings. The number of hydrogen-bond donors (Lipinski definition) is 3. The van der Waals surface area contributed by atoms with Gasteiger partial charge in [-0.15, -0.1) is 0 Å². The molecule has 5 N–H and O–H groups in total. The first-order valence-electron chi connectivity index (χ1n) is 9.41. The van der Waals surface area contributed by atoms with E-state index in [-0.39, 0.29) is 11.7 Å². The highest BCUT2D eigenvalue weighted by Crippen LogP contribution is 2.42. The first-order chi connectivity index (χ1) is 15.2. The van der Waals surface area contributed by atoms with Crippen molar-refractivity contribution in [2.24, 2.45) is 22.7 Å². The summed E-state index contributed by atoms with van der Waals surface area (Å²) in [7, 11) is 0. The number of alkyl halides is 3. The molecule has 1 aliphatic rings. The number of aldehydes is 1. The van der Waals surface area contributed by atoms with Gasteiger partial charge in [0, 0.05) is 17.0 Å². The zero-order valence-corrected chi connectivity index (χ0v) is 17.8.